The third kappa shape index (κ3) is 10.7. The summed E-state index contributed by atoms with van der Waals surface area (Å²) in [4.78, 5) is 0. The molecule has 0 spiro atoms. The second-order valence-corrected chi connectivity index (χ2v) is 9.52. The molecule has 0 aromatic heterocycles. The second-order valence-electron chi connectivity index (χ2n) is 9.52. The van der Waals surface area contributed by atoms with Crippen molar-refractivity contribution < 1.29 is 0 Å². The Kier molecular flexibility index (Phi) is 12.0. The molecule has 148 valence electrons. The summed E-state index contributed by atoms with van der Waals surface area (Å²) >= 11 is 0. The lowest BCUT2D eigenvalue weighted by Crippen LogP contribution is -1.92. The van der Waals surface area contributed by atoms with E-state index in [1.807, 2.05) is 0 Å². The molecule has 2 aliphatic carbocycles. The molecular formula is C25H48. The highest BCUT2D eigenvalue weighted by Crippen LogP contribution is 2.45. The zero-order valence-corrected chi connectivity index (χ0v) is 17.6. The first kappa shape index (κ1) is 21.3. The Labute approximate surface area is 159 Å². The van der Waals surface area contributed by atoms with Crippen molar-refractivity contribution >= 4 is 0 Å². The van der Waals surface area contributed by atoms with Gasteiger partial charge in [0.2, 0.25) is 0 Å². The molecule has 0 bridgehead atoms. The molecule has 0 radical (unpaired) electrons. The zero-order chi connectivity index (χ0) is 17.6. The molecule has 0 nitrogen and oxygen atoms in total. The van der Waals surface area contributed by atoms with Crippen LogP contribution < -0.4 is 0 Å². The van der Waals surface area contributed by atoms with Gasteiger partial charge in [-0.15, -0.1) is 0 Å². The molecular weight excluding hydrogens is 300 g/mol. The summed E-state index contributed by atoms with van der Waals surface area (Å²) < 4.78 is 0. The van der Waals surface area contributed by atoms with Gasteiger partial charge in [-0.1, -0.05) is 135 Å². The SMILES string of the molecule is CCCCCCCCC1CC1CCCCCCCCCC1CCCC1. The minimum Gasteiger partial charge on any atom is -0.0654 e. The summed E-state index contributed by atoms with van der Waals surface area (Å²) in [6.07, 6.45) is 31.8. The van der Waals surface area contributed by atoms with Crippen LogP contribution in [0.4, 0.5) is 0 Å². The van der Waals surface area contributed by atoms with Crippen LogP contribution in [-0.2, 0) is 0 Å². The summed E-state index contributed by atoms with van der Waals surface area (Å²) in [6.45, 7) is 2.31. The van der Waals surface area contributed by atoms with Gasteiger partial charge in [-0.25, -0.2) is 0 Å². The van der Waals surface area contributed by atoms with Crippen molar-refractivity contribution in [2.75, 3.05) is 0 Å². The molecule has 2 unspecified atom stereocenters. The summed E-state index contributed by atoms with van der Waals surface area (Å²) in [7, 11) is 0. The predicted octanol–water partition coefficient (Wildman–Crippen LogP) is 9.07. The maximum atomic E-state index is 2.31. The maximum absolute atomic E-state index is 2.31. The van der Waals surface area contributed by atoms with Crippen molar-refractivity contribution in [3.8, 4) is 0 Å². The highest BCUT2D eigenvalue weighted by Gasteiger charge is 2.34. The number of hydrogen-bond acceptors (Lipinski definition) is 0. The van der Waals surface area contributed by atoms with E-state index in [4.69, 9.17) is 0 Å². The van der Waals surface area contributed by atoms with Crippen LogP contribution in [-0.4, -0.2) is 0 Å². The molecule has 25 heavy (non-hydrogen) atoms. The van der Waals surface area contributed by atoms with Gasteiger partial charge in [-0.3, -0.25) is 0 Å². The Bertz CT molecular complexity index is 288. The first-order chi connectivity index (χ1) is 12.4. The topological polar surface area (TPSA) is 0 Å². The van der Waals surface area contributed by atoms with E-state index < -0.39 is 0 Å². The Balaban J connectivity index is 1.25. The van der Waals surface area contributed by atoms with Crippen LogP contribution in [0.25, 0.3) is 0 Å². The molecule has 2 atom stereocenters. The largest absolute Gasteiger partial charge is 0.0654 e. The molecule has 0 heterocycles. The predicted molar refractivity (Wildman–Crippen MR) is 113 cm³/mol. The van der Waals surface area contributed by atoms with Crippen LogP contribution in [0.5, 0.6) is 0 Å². The van der Waals surface area contributed by atoms with E-state index in [1.54, 1.807) is 38.5 Å². The standard InChI is InChI=1S/C25H48/c1-2-3-4-5-10-13-20-24-22-25(24)21-14-11-8-6-7-9-12-17-23-18-15-16-19-23/h23-25H,2-22H2,1H3. The lowest BCUT2D eigenvalue weighted by Gasteiger charge is -2.08. The van der Waals surface area contributed by atoms with Crippen molar-refractivity contribution in [2.45, 2.75) is 142 Å². The Morgan fingerprint density at radius 1 is 0.520 bits per heavy atom. The van der Waals surface area contributed by atoms with Crippen molar-refractivity contribution in [1.82, 2.24) is 0 Å². The van der Waals surface area contributed by atoms with Gasteiger partial charge in [-0.05, 0) is 24.2 Å². The molecule has 0 aromatic rings. The monoisotopic (exact) mass is 348 g/mol. The number of rotatable bonds is 17. The first-order valence-electron chi connectivity index (χ1n) is 12.4. The molecule has 0 saturated heterocycles. The highest BCUT2D eigenvalue weighted by atomic mass is 14.4. The van der Waals surface area contributed by atoms with Crippen molar-refractivity contribution in [3.05, 3.63) is 0 Å². The van der Waals surface area contributed by atoms with Gasteiger partial charge < -0.3 is 0 Å². The van der Waals surface area contributed by atoms with E-state index >= 15 is 0 Å². The number of unbranched alkanes of at least 4 members (excludes halogenated alkanes) is 11. The van der Waals surface area contributed by atoms with E-state index in [-0.39, 0.29) is 0 Å². The fourth-order valence-electron chi connectivity index (χ4n) is 5.23. The van der Waals surface area contributed by atoms with Crippen LogP contribution in [0.2, 0.25) is 0 Å². The summed E-state index contributed by atoms with van der Waals surface area (Å²) in [6, 6.07) is 0. The fraction of sp³-hybridized carbons (Fsp3) is 1.00. The normalized spacial score (nSPS) is 23.4. The second kappa shape index (κ2) is 14.1. The van der Waals surface area contributed by atoms with Crippen LogP contribution in [0.3, 0.4) is 0 Å². The van der Waals surface area contributed by atoms with Crippen molar-refractivity contribution in [1.29, 1.82) is 0 Å². The summed E-state index contributed by atoms with van der Waals surface area (Å²) in [5.41, 5.74) is 0. The fourth-order valence-corrected chi connectivity index (χ4v) is 5.23. The third-order valence-corrected chi connectivity index (χ3v) is 7.16. The van der Waals surface area contributed by atoms with E-state index in [0.29, 0.717) is 0 Å². The average molecular weight is 349 g/mol. The quantitative estimate of drug-likeness (QED) is 0.230. The van der Waals surface area contributed by atoms with Crippen LogP contribution in [0, 0.1) is 17.8 Å². The summed E-state index contributed by atoms with van der Waals surface area (Å²) in [5, 5.41) is 0. The summed E-state index contributed by atoms with van der Waals surface area (Å²) in [5.74, 6) is 3.40. The molecule has 2 saturated carbocycles. The molecule has 2 rings (SSSR count). The minimum atomic E-state index is 1.11. The molecule has 2 fully saturated rings. The zero-order valence-electron chi connectivity index (χ0n) is 17.6. The van der Waals surface area contributed by atoms with Crippen LogP contribution in [0.1, 0.15) is 142 Å². The molecule has 0 heteroatoms. The smallest absolute Gasteiger partial charge is 0.0383 e. The highest BCUT2D eigenvalue weighted by molar-refractivity contribution is 4.85. The average Bonchev–Trinajstić information content (AvgIpc) is 3.15. The van der Waals surface area contributed by atoms with Crippen molar-refractivity contribution in [3.63, 3.8) is 0 Å². The van der Waals surface area contributed by atoms with Gasteiger partial charge in [0.25, 0.3) is 0 Å². The lowest BCUT2D eigenvalue weighted by atomic mass is 9.98. The minimum absolute atomic E-state index is 1.11. The maximum Gasteiger partial charge on any atom is -0.0383 e. The van der Waals surface area contributed by atoms with Gasteiger partial charge in [-0.2, -0.15) is 0 Å². The van der Waals surface area contributed by atoms with Gasteiger partial charge in [0.05, 0.1) is 0 Å². The van der Waals surface area contributed by atoms with Crippen LogP contribution >= 0.6 is 0 Å². The molecule has 0 aromatic carbocycles. The van der Waals surface area contributed by atoms with Gasteiger partial charge in [0.1, 0.15) is 0 Å². The molecule has 0 N–H and O–H groups in total. The van der Waals surface area contributed by atoms with Gasteiger partial charge in [0.15, 0.2) is 0 Å². The van der Waals surface area contributed by atoms with E-state index in [1.165, 1.54) is 96.3 Å². The van der Waals surface area contributed by atoms with Crippen LogP contribution in [0.15, 0.2) is 0 Å². The van der Waals surface area contributed by atoms with Crippen molar-refractivity contribution in [2.24, 2.45) is 17.8 Å². The Morgan fingerprint density at radius 3 is 1.48 bits per heavy atom. The van der Waals surface area contributed by atoms with Gasteiger partial charge in [0, 0.05) is 0 Å². The Morgan fingerprint density at radius 2 is 0.960 bits per heavy atom. The number of hydrogen-bond donors (Lipinski definition) is 0. The Hall–Kier alpha value is 0. The van der Waals surface area contributed by atoms with Gasteiger partial charge >= 0.3 is 0 Å². The van der Waals surface area contributed by atoms with E-state index in [2.05, 4.69) is 6.92 Å². The van der Waals surface area contributed by atoms with E-state index in [9.17, 15) is 0 Å². The lowest BCUT2D eigenvalue weighted by molar-refractivity contribution is 0.459. The molecule has 0 amide bonds. The first-order valence-corrected chi connectivity index (χ1v) is 12.4. The third-order valence-electron chi connectivity index (χ3n) is 7.16. The van der Waals surface area contributed by atoms with E-state index in [0.717, 1.165) is 17.8 Å². The molecule has 0 aliphatic heterocycles. The molecule has 2 aliphatic rings.